The maximum Gasteiger partial charge on any atom is 0.135 e. The van der Waals surface area contributed by atoms with E-state index in [-0.39, 0.29) is 5.75 Å². The van der Waals surface area contributed by atoms with E-state index < -0.39 is 0 Å². The number of halogens is 2. The number of phenolic OH excluding ortho intramolecular Hbond substituents is 1. The molecule has 2 aromatic carbocycles. The molecule has 0 bridgehead atoms. The Kier molecular flexibility index (Phi) is 2.69. The molecule has 4 heteroatoms. The first-order valence-corrected chi connectivity index (χ1v) is 6.07. The molecule has 0 radical (unpaired) electrons. The number of aromatic hydroxyl groups is 1. The molecule has 1 heterocycles. The van der Waals surface area contributed by atoms with Crippen LogP contribution in [0.4, 0.5) is 0 Å². The van der Waals surface area contributed by atoms with Crippen molar-refractivity contribution in [3.63, 3.8) is 0 Å². The minimum Gasteiger partial charge on any atom is -0.506 e. The van der Waals surface area contributed by atoms with E-state index in [0.29, 0.717) is 15.8 Å². The van der Waals surface area contributed by atoms with Gasteiger partial charge in [-0.2, -0.15) is 0 Å². The molecule has 2 nitrogen and oxygen atoms in total. The summed E-state index contributed by atoms with van der Waals surface area (Å²) >= 11 is 11.8. The van der Waals surface area contributed by atoms with E-state index in [9.17, 15) is 5.11 Å². The summed E-state index contributed by atoms with van der Waals surface area (Å²) in [6.07, 6.45) is 0. The van der Waals surface area contributed by atoms with Gasteiger partial charge in [0.2, 0.25) is 0 Å². The molecular weight excluding hydrogens is 271 g/mol. The van der Waals surface area contributed by atoms with Gasteiger partial charge in [-0.1, -0.05) is 23.2 Å². The highest BCUT2D eigenvalue weighted by Gasteiger charge is 2.08. The van der Waals surface area contributed by atoms with E-state index in [1.165, 1.54) is 6.07 Å². The van der Waals surface area contributed by atoms with Gasteiger partial charge in [0.1, 0.15) is 17.1 Å². The average Bonchev–Trinajstić information content (AvgIpc) is 2.75. The topological polar surface area (TPSA) is 33.4 Å². The summed E-state index contributed by atoms with van der Waals surface area (Å²) in [5, 5.41) is 11.3. The summed E-state index contributed by atoms with van der Waals surface area (Å²) in [4.78, 5) is 0. The number of rotatable bonds is 1. The van der Waals surface area contributed by atoms with Gasteiger partial charge in [-0.3, -0.25) is 0 Å². The number of fused-ring (bicyclic) bond motifs is 1. The molecule has 1 aromatic heterocycles. The lowest BCUT2D eigenvalue weighted by atomic mass is 10.1. The van der Waals surface area contributed by atoms with Crippen LogP contribution < -0.4 is 0 Å². The number of phenols is 1. The van der Waals surface area contributed by atoms with Crippen molar-refractivity contribution >= 4 is 34.2 Å². The lowest BCUT2D eigenvalue weighted by Gasteiger charge is -1.99. The quantitative estimate of drug-likeness (QED) is 0.671. The summed E-state index contributed by atoms with van der Waals surface area (Å²) in [7, 11) is 0. The van der Waals surface area contributed by atoms with Crippen molar-refractivity contribution < 1.29 is 9.52 Å². The van der Waals surface area contributed by atoms with Crippen molar-refractivity contribution in [3.8, 4) is 17.1 Å². The van der Waals surface area contributed by atoms with Crippen LogP contribution in [0.2, 0.25) is 10.0 Å². The highest BCUT2D eigenvalue weighted by molar-refractivity contribution is 6.32. The van der Waals surface area contributed by atoms with Crippen molar-refractivity contribution in [3.05, 3.63) is 52.5 Å². The van der Waals surface area contributed by atoms with Gasteiger partial charge >= 0.3 is 0 Å². The summed E-state index contributed by atoms with van der Waals surface area (Å²) in [5.74, 6) is 0.744. The van der Waals surface area contributed by atoms with Gasteiger partial charge in [0.05, 0.1) is 5.02 Å². The Morgan fingerprint density at radius 3 is 2.56 bits per heavy atom. The third-order valence-corrected chi connectivity index (χ3v) is 3.25. The minimum atomic E-state index is 0.0552. The molecule has 18 heavy (non-hydrogen) atoms. The monoisotopic (exact) mass is 278 g/mol. The minimum absolute atomic E-state index is 0.0552. The van der Waals surface area contributed by atoms with Gasteiger partial charge in [-0.15, -0.1) is 0 Å². The molecule has 0 saturated heterocycles. The fraction of sp³-hybridized carbons (Fsp3) is 0. The van der Waals surface area contributed by atoms with Crippen LogP contribution in [0.1, 0.15) is 0 Å². The van der Waals surface area contributed by atoms with Crippen molar-refractivity contribution in [2.75, 3.05) is 0 Å². The Hall–Kier alpha value is -1.64. The van der Waals surface area contributed by atoms with Crippen LogP contribution in [0.3, 0.4) is 0 Å². The van der Waals surface area contributed by atoms with Gasteiger partial charge in [0.25, 0.3) is 0 Å². The fourth-order valence-corrected chi connectivity index (χ4v) is 2.18. The lowest BCUT2D eigenvalue weighted by Crippen LogP contribution is -1.74. The van der Waals surface area contributed by atoms with E-state index in [2.05, 4.69) is 0 Å². The molecule has 3 aromatic rings. The maximum atomic E-state index is 9.39. The molecular formula is C14H8Cl2O2. The second-order valence-corrected chi connectivity index (χ2v) is 4.80. The third-order valence-electron chi connectivity index (χ3n) is 2.71. The normalized spacial score (nSPS) is 11.0. The lowest BCUT2D eigenvalue weighted by molar-refractivity contribution is 0.475. The molecule has 0 atom stereocenters. The van der Waals surface area contributed by atoms with E-state index in [0.717, 1.165) is 16.5 Å². The van der Waals surface area contributed by atoms with Gasteiger partial charge < -0.3 is 9.52 Å². The molecule has 0 saturated carbocycles. The summed E-state index contributed by atoms with van der Waals surface area (Å²) in [5.41, 5.74) is 1.57. The molecule has 0 aliphatic heterocycles. The van der Waals surface area contributed by atoms with E-state index >= 15 is 0 Å². The Morgan fingerprint density at radius 1 is 0.944 bits per heavy atom. The van der Waals surface area contributed by atoms with Crippen LogP contribution in [0.15, 0.2) is 46.9 Å². The summed E-state index contributed by atoms with van der Waals surface area (Å²) in [6.45, 7) is 0. The number of hydrogen-bond donors (Lipinski definition) is 1. The van der Waals surface area contributed by atoms with Gasteiger partial charge in [-0.05, 0) is 42.5 Å². The van der Waals surface area contributed by atoms with E-state index in [1.54, 1.807) is 18.2 Å². The van der Waals surface area contributed by atoms with Crippen LogP contribution in [0, 0.1) is 0 Å². The smallest absolute Gasteiger partial charge is 0.135 e. The zero-order valence-electron chi connectivity index (χ0n) is 9.15. The first-order valence-electron chi connectivity index (χ1n) is 5.31. The number of furan rings is 1. The Bertz CT molecular complexity index is 732. The maximum absolute atomic E-state index is 9.39. The van der Waals surface area contributed by atoms with Gasteiger partial charge in [-0.25, -0.2) is 0 Å². The molecule has 0 fully saturated rings. The van der Waals surface area contributed by atoms with E-state index in [4.69, 9.17) is 27.6 Å². The van der Waals surface area contributed by atoms with Crippen LogP contribution in [-0.4, -0.2) is 5.11 Å². The van der Waals surface area contributed by atoms with Gasteiger partial charge in [0, 0.05) is 16.0 Å². The van der Waals surface area contributed by atoms with Gasteiger partial charge in [0.15, 0.2) is 0 Å². The van der Waals surface area contributed by atoms with Crippen LogP contribution in [0.25, 0.3) is 22.3 Å². The predicted octanol–water partition coefficient (Wildman–Crippen LogP) is 5.11. The number of hydrogen-bond acceptors (Lipinski definition) is 2. The molecule has 3 rings (SSSR count). The standard InChI is InChI=1S/C14H8Cl2O2/c15-10-2-4-13-9(5-10)7-14(18-13)8-1-3-12(17)11(16)6-8/h1-7,17H. The van der Waals surface area contributed by atoms with Crippen molar-refractivity contribution in [2.24, 2.45) is 0 Å². The predicted molar refractivity (Wildman–Crippen MR) is 73.3 cm³/mol. The highest BCUT2D eigenvalue weighted by Crippen LogP contribution is 2.33. The molecule has 90 valence electrons. The Labute approximate surface area is 113 Å². The average molecular weight is 279 g/mol. The van der Waals surface area contributed by atoms with Crippen LogP contribution >= 0.6 is 23.2 Å². The molecule has 0 aliphatic rings. The Morgan fingerprint density at radius 2 is 1.78 bits per heavy atom. The Balaban J connectivity index is 2.16. The van der Waals surface area contributed by atoms with E-state index in [1.807, 2.05) is 18.2 Å². The van der Waals surface area contributed by atoms with Crippen LogP contribution in [-0.2, 0) is 0 Å². The molecule has 0 amide bonds. The first kappa shape index (κ1) is 11.5. The molecule has 0 unspecified atom stereocenters. The molecule has 1 N–H and O–H groups in total. The molecule has 0 aliphatic carbocycles. The second kappa shape index (κ2) is 4.23. The molecule has 0 spiro atoms. The van der Waals surface area contributed by atoms with Crippen molar-refractivity contribution in [1.29, 1.82) is 0 Å². The van der Waals surface area contributed by atoms with Crippen molar-refractivity contribution in [2.45, 2.75) is 0 Å². The summed E-state index contributed by atoms with van der Waals surface area (Å²) in [6, 6.07) is 12.3. The zero-order chi connectivity index (χ0) is 12.7. The highest BCUT2D eigenvalue weighted by atomic mass is 35.5. The van der Waals surface area contributed by atoms with Crippen molar-refractivity contribution in [1.82, 2.24) is 0 Å². The summed E-state index contributed by atoms with van der Waals surface area (Å²) < 4.78 is 5.71. The van der Waals surface area contributed by atoms with Crippen LogP contribution in [0.5, 0.6) is 5.75 Å². The SMILES string of the molecule is Oc1ccc(-c2cc3cc(Cl)ccc3o2)cc1Cl. The number of benzene rings is 2. The first-order chi connectivity index (χ1) is 8.63. The zero-order valence-corrected chi connectivity index (χ0v) is 10.7. The third kappa shape index (κ3) is 1.94. The fourth-order valence-electron chi connectivity index (χ4n) is 1.82. The second-order valence-electron chi connectivity index (χ2n) is 3.96. The largest absolute Gasteiger partial charge is 0.506 e.